The summed E-state index contributed by atoms with van der Waals surface area (Å²) >= 11 is 0. The summed E-state index contributed by atoms with van der Waals surface area (Å²) in [4.78, 5) is 10.9. The first-order valence-electron chi connectivity index (χ1n) is 7.66. The minimum atomic E-state index is -4.54. The average Bonchev–Trinajstić information content (AvgIpc) is 2.60. The Morgan fingerprint density at radius 3 is 2.28 bits per heavy atom. The molecule has 0 aromatic heterocycles. The van der Waals surface area contributed by atoms with Crippen molar-refractivity contribution >= 4 is 97.3 Å². The number of aromatic hydroxyl groups is 1. The number of azo groups is 1. The van der Waals surface area contributed by atoms with Gasteiger partial charge in [-0.25, -0.2) is 4.79 Å². The van der Waals surface area contributed by atoms with Crippen LogP contribution in [0, 0.1) is 6.92 Å². The summed E-state index contributed by atoms with van der Waals surface area (Å²) in [6, 6.07) is 12.1. The van der Waals surface area contributed by atoms with E-state index in [2.05, 4.69) is 10.2 Å². The summed E-state index contributed by atoms with van der Waals surface area (Å²) in [7, 11) is -4.54. The monoisotopic (exact) mass is 434 g/mol. The number of phenols is 1. The Bertz CT molecular complexity index is 1210. The standard InChI is InChI=1S/C18H14N2O6S.2Na.2H/c1-10-6-7-14(15(8-10)27(24,25)26)19-20-16-12-5-3-2-4-11(12)9-13(17(16)21)18(22)23;;;;/h2-9,21H,1H3,(H,22,23)(H,24,25,26);;;;/b20-19+;;;;. The molecule has 0 radical (unpaired) electrons. The second kappa shape index (κ2) is 10.1. The Hall–Kier alpha value is -1.30. The zero-order chi connectivity index (χ0) is 19.8. The first-order valence-corrected chi connectivity index (χ1v) is 9.10. The fourth-order valence-electron chi connectivity index (χ4n) is 2.60. The van der Waals surface area contributed by atoms with Crippen LogP contribution in [0.2, 0.25) is 0 Å². The molecule has 3 aromatic rings. The maximum absolute atomic E-state index is 11.6. The Labute approximate surface area is 211 Å². The van der Waals surface area contributed by atoms with Crippen LogP contribution in [-0.2, 0) is 10.1 Å². The van der Waals surface area contributed by atoms with Gasteiger partial charge in [0.05, 0.1) is 0 Å². The Balaban J connectivity index is 0.00000210. The van der Waals surface area contributed by atoms with Gasteiger partial charge in [-0.2, -0.15) is 8.42 Å². The van der Waals surface area contributed by atoms with E-state index < -0.39 is 26.7 Å². The van der Waals surface area contributed by atoms with Crippen molar-refractivity contribution in [1.82, 2.24) is 0 Å². The van der Waals surface area contributed by atoms with Crippen LogP contribution >= 0.6 is 0 Å². The fourth-order valence-corrected chi connectivity index (χ4v) is 3.30. The third-order valence-electron chi connectivity index (χ3n) is 3.88. The number of hydrogen-bond donors (Lipinski definition) is 3. The molecule has 3 rings (SSSR count). The van der Waals surface area contributed by atoms with Crippen LogP contribution in [0.15, 0.2) is 63.7 Å². The number of hydrogen-bond acceptors (Lipinski definition) is 6. The van der Waals surface area contributed by atoms with E-state index >= 15 is 0 Å². The second-order valence-electron chi connectivity index (χ2n) is 5.79. The van der Waals surface area contributed by atoms with Crippen molar-refractivity contribution in [3.05, 3.63) is 59.7 Å². The van der Waals surface area contributed by atoms with Gasteiger partial charge >= 0.3 is 65.1 Å². The molecule has 0 spiro atoms. The van der Waals surface area contributed by atoms with Crippen molar-refractivity contribution in [3.63, 3.8) is 0 Å². The molecule has 0 bridgehead atoms. The molecule has 0 saturated heterocycles. The molecule has 0 fully saturated rings. The number of fused-ring (bicyclic) bond motifs is 1. The second-order valence-corrected chi connectivity index (χ2v) is 7.18. The summed E-state index contributed by atoms with van der Waals surface area (Å²) in [5.74, 6) is -1.94. The van der Waals surface area contributed by atoms with Crippen LogP contribution in [0.5, 0.6) is 5.75 Å². The number of aromatic carboxylic acids is 1. The first kappa shape index (κ1) is 25.7. The molecule has 29 heavy (non-hydrogen) atoms. The Morgan fingerprint density at radius 2 is 1.66 bits per heavy atom. The van der Waals surface area contributed by atoms with E-state index in [4.69, 9.17) is 0 Å². The number of carboxylic acids is 1. The fraction of sp³-hybridized carbons (Fsp3) is 0.0556. The van der Waals surface area contributed by atoms with E-state index in [1.807, 2.05) is 0 Å². The van der Waals surface area contributed by atoms with Gasteiger partial charge in [-0.05, 0) is 36.1 Å². The van der Waals surface area contributed by atoms with Gasteiger partial charge in [0.1, 0.15) is 21.8 Å². The van der Waals surface area contributed by atoms with Gasteiger partial charge < -0.3 is 10.2 Å². The molecule has 8 nitrogen and oxygen atoms in total. The van der Waals surface area contributed by atoms with E-state index in [9.17, 15) is 28.0 Å². The third kappa shape index (κ3) is 5.65. The molecule has 0 aliphatic carbocycles. The van der Waals surface area contributed by atoms with Crippen LogP contribution in [0.4, 0.5) is 11.4 Å². The topological polar surface area (TPSA) is 137 Å². The molecule has 142 valence electrons. The summed E-state index contributed by atoms with van der Waals surface area (Å²) in [5.41, 5.74) is -0.0380. The Morgan fingerprint density at radius 1 is 1.00 bits per heavy atom. The van der Waals surface area contributed by atoms with Gasteiger partial charge in [-0.3, -0.25) is 4.55 Å². The van der Waals surface area contributed by atoms with E-state index in [0.29, 0.717) is 16.3 Å². The summed E-state index contributed by atoms with van der Waals surface area (Å²) in [6.45, 7) is 1.64. The van der Waals surface area contributed by atoms with Crippen molar-refractivity contribution in [2.45, 2.75) is 11.8 Å². The van der Waals surface area contributed by atoms with E-state index in [1.165, 1.54) is 18.2 Å². The summed E-state index contributed by atoms with van der Waals surface area (Å²) in [6.07, 6.45) is 0. The van der Waals surface area contributed by atoms with Crippen LogP contribution in [0.3, 0.4) is 0 Å². The zero-order valence-corrected chi connectivity index (χ0v) is 14.8. The van der Waals surface area contributed by atoms with Crippen molar-refractivity contribution in [2.24, 2.45) is 10.2 Å². The van der Waals surface area contributed by atoms with Crippen LogP contribution in [-0.4, -0.2) is 88.3 Å². The van der Waals surface area contributed by atoms with E-state index in [0.717, 1.165) is 0 Å². The number of aryl methyl sites for hydroxylation is 1. The van der Waals surface area contributed by atoms with Gasteiger partial charge in [0.15, 0.2) is 5.75 Å². The molecule has 3 N–H and O–H groups in total. The molecule has 0 atom stereocenters. The number of nitrogens with zero attached hydrogens (tertiary/aromatic N) is 2. The third-order valence-corrected chi connectivity index (χ3v) is 4.76. The molecule has 0 aliphatic rings. The van der Waals surface area contributed by atoms with E-state index in [-0.39, 0.29) is 76.1 Å². The normalized spacial score (nSPS) is 11.1. The van der Waals surface area contributed by atoms with Gasteiger partial charge in [-0.1, -0.05) is 30.3 Å². The van der Waals surface area contributed by atoms with Crippen molar-refractivity contribution in [2.75, 3.05) is 0 Å². The molecule has 0 amide bonds. The SMILES string of the molecule is Cc1ccc(/N=N/c2c(O)c(C(=O)O)cc3ccccc23)c(S(=O)(=O)O)c1.[NaH].[NaH]. The summed E-state index contributed by atoms with van der Waals surface area (Å²) in [5, 5.41) is 28.2. The molecular weight excluding hydrogens is 418 g/mol. The maximum atomic E-state index is 11.6. The number of rotatable bonds is 4. The number of carbonyl (C=O) groups is 1. The molecule has 0 aliphatic heterocycles. The van der Waals surface area contributed by atoms with Crippen molar-refractivity contribution in [1.29, 1.82) is 0 Å². The average molecular weight is 434 g/mol. The number of carboxylic acid groups (broad SMARTS) is 1. The zero-order valence-electron chi connectivity index (χ0n) is 14.0. The Kier molecular flexibility index (Phi) is 9.00. The van der Waals surface area contributed by atoms with E-state index in [1.54, 1.807) is 37.3 Å². The van der Waals surface area contributed by atoms with Gasteiger partial charge in [0.25, 0.3) is 10.1 Å². The molecule has 0 unspecified atom stereocenters. The molecule has 0 saturated carbocycles. The molecule has 11 heteroatoms. The minimum absolute atomic E-state index is 0. The predicted octanol–water partition coefficient (Wildman–Crippen LogP) is 2.92. The van der Waals surface area contributed by atoms with Gasteiger partial charge in [-0.15, -0.1) is 10.2 Å². The van der Waals surface area contributed by atoms with Crippen molar-refractivity contribution in [3.8, 4) is 5.75 Å². The summed E-state index contributed by atoms with van der Waals surface area (Å²) < 4.78 is 32.5. The quantitative estimate of drug-likeness (QED) is 0.328. The van der Waals surface area contributed by atoms with Crippen LogP contribution in [0.25, 0.3) is 10.8 Å². The van der Waals surface area contributed by atoms with Crippen LogP contribution in [0.1, 0.15) is 15.9 Å². The van der Waals surface area contributed by atoms with Crippen molar-refractivity contribution < 1.29 is 28.0 Å². The predicted molar refractivity (Wildman–Crippen MR) is 112 cm³/mol. The molecule has 3 aromatic carbocycles. The van der Waals surface area contributed by atoms with Crippen LogP contribution < -0.4 is 0 Å². The molecule has 0 heterocycles. The van der Waals surface area contributed by atoms with Gasteiger partial charge in [0.2, 0.25) is 0 Å². The van der Waals surface area contributed by atoms with Gasteiger partial charge in [0, 0.05) is 5.39 Å². The first-order chi connectivity index (χ1) is 12.7. The molecular formula is C18H16N2Na2O6S. The number of benzene rings is 3.